The minimum Gasteiger partial charge on any atom is -0.260 e. The number of halogens is 8. The topological polar surface area (TPSA) is 64.5 Å². The van der Waals surface area contributed by atoms with E-state index in [0.29, 0.717) is 16.3 Å². The van der Waals surface area contributed by atoms with Crippen LogP contribution in [0.4, 0.5) is 8.78 Å². The number of hydrogen-bond donors (Lipinski definition) is 0. The van der Waals surface area contributed by atoms with Gasteiger partial charge in [-0.25, -0.2) is 18.7 Å². The van der Waals surface area contributed by atoms with Crippen molar-refractivity contribution in [3.05, 3.63) is 215 Å². The number of benzene rings is 3. The highest BCUT2D eigenvalue weighted by Gasteiger charge is 1.98. The van der Waals surface area contributed by atoms with Gasteiger partial charge in [0.25, 0.3) is 0 Å². The molecule has 7 rings (SSSR count). The zero-order valence-corrected chi connectivity index (χ0v) is 37.8. The summed E-state index contributed by atoms with van der Waals surface area (Å²) in [6, 6.07) is 30.2. The highest BCUT2D eigenvalue weighted by Crippen LogP contribution is 2.22. The van der Waals surface area contributed by atoms with Gasteiger partial charge in [-0.2, -0.15) is 0 Å². The zero-order chi connectivity index (χ0) is 42.8. The number of aryl methyl sites for hydroxylation is 5. The molecule has 13 heteroatoms. The third-order valence-electron chi connectivity index (χ3n) is 7.00. The average Bonchev–Trinajstić information content (AvgIpc) is 3.19. The Morgan fingerprint density at radius 2 is 0.807 bits per heavy atom. The molecule has 3 aromatic carbocycles. The SMILES string of the molecule is Cc1c(Cl)cccc1Cl.Cc1c(F)cccc1Cl.Cc1ccccc1Cl.Cc1ncccc1Br.Cc1ncccc1Cl.Cc1ncccc1F.Cc1ncccn1. The van der Waals surface area contributed by atoms with Gasteiger partial charge in [0, 0.05) is 61.1 Å². The monoisotopic (exact) mass is 933 g/mol. The maximum atomic E-state index is 12.5. The molecule has 5 nitrogen and oxygen atoms in total. The van der Waals surface area contributed by atoms with E-state index in [9.17, 15) is 8.78 Å². The van der Waals surface area contributed by atoms with E-state index in [0.717, 1.165) is 52.9 Å². The highest BCUT2D eigenvalue weighted by molar-refractivity contribution is 9.10. The first kappa shape index (κ1) is 51.0. The van der Waals surface area contributed by atoms with Crippen LogP contribution in [0.3, 0.4) is 0 Å². The molecule has 4 aromatic heterocycles. The summed E-state index contributed by atoms with van der Waals surface area (Å²) in [5.41, 5.74) is 4.96. The van der Waals surface area contributed by atoms with E-state index in [1.807, 2.05) is 101 Å². The summed E-state index contributed by atoms with van der Waals surface area (Å²) in [5, 5.41) is 3.50. The number of rotatable bonds is 0. The van der Waals surface area contributed by atoms with Crippen LogP contribution in [-0.2, 0) is 0 Å². The van der Waals surface area contributed by atoms with Gasteiger partial charge in [0.1, 0.15) is 17.5 Å². The molecule has 0 amide bonds. The minimum absolute atomic E-state index is 0.243. The molecule has 57 heavy (non-hydrogen) atoms. The molecule has 0 radical (unpaired) electrons. The van der Waals surface area contributed by atoms with E-state index in [1.54, 1.807) is 69.1 Å². The molecule has 0 saturated heterocycles. The number of nitrogens with zero attached hydrogens (tertiary/aromatic N) is 5. The third kappa shape index (κ3) is 22.5. The molecule has 0 atom stereocenters. The van der Waals surface area contributed by atoms with Crippen molar-refractivity contribution in [2.75, 3.05) is 0 Å². The smallest absolute Gasteiger partial charge is 0.144 e. The summed E-state index contributed by atoms with van der Waals surface area (Å²) < 4.78 is 25.8. The summed E-state index contributed by atoms with van der Waals surface area (Å²) in [4.78, 5) is 19.4. The molecule has 0 N–H and O–H groups in total. The first-order valence-electron chi connectivity index (χ1n) is 17.0. The highest BCUT2D eigenvalue weighted by atomic mass is 79.9. The fourth-order valence-corrected chi connectivity index (χ4v) is 4.55. The molecule has 0 aliphatic heterocycles. The molecule has 0 saturated carbocycles. The third-order valence-corrected chi connectivity index (χ3v) is 9.89. The van der Waals surface area contributed by atoms with Crippen LogP contribution in [0.15, 0.2) is 139 Å². The molecule has 0 aliphatic rings. The van der Waals surface area contributed by atoms with Crippen molar-refractivity contribution in [3.8, 4) is 0 Å². The van der Waals surface area contributed by atoms with Gasteiger partial charge in [0.2, 0.25) is 0 Å². The van der Waals surface area contributed by atoms with Crippen molar-refractivity contribution in [3.63, 3.8) is 0 Å². The predicted molar refractivity (Wildman–Crippen MR) is 240 cm³/mol. The summed E-state index contributed by atoms with van der Waals surface area (Å²) in [6.45, 7) is 12.9. The van der Waals surface area contributed by atoms with Crippen molar-refractivity contribution < 1.29 is 8.78 Å². The maximum absolute atomic E-state index is 12.5. The second kappa shape index (κ2) is 29.2. The van der Waals surface area contributed by atoms with Crippen LogP contribution in [0, 0.1) is 60.1 Å². The Hall–Kier alpha value is -4.02. The standard InChI is InChI=1S/C7H6Cl2.C7H6ClF.C7H7Cl.C6H6BrN.C6H6ClN.C6H6FN.C5H6N2/c2*1-5-6(8)3-2-4-7(5)9;1-6-4-2-3-5-7(6)8;3*1-5-6(7)3-2-4-8-5;1-5-6-3-2-4-7-5/h2*2-4H,1H3;2-5H,1H3;3*2-4H,1H3;2-4H,1H3. The van der Waals surface area contributed by atoms with Crippen LogP contribution in [0.5, 0.6) is 0 Å². The molecular weight excluding hydrogens is 894 g/mol. The van der Waals surface area contributed by atoms with Crippen LogP contribution in [0.2, 0.25) is 25.1 Å². The van der Waals surface area contributed by atoms with Crippen molar-refractivity contribution in [2.24, 2.45) is 0 Å². The summed E-state index contributed by atoms with van der Waals surface area (Å²) in [6.07, 6.45) is 8.52. The maximum Gasteiger partial charge on any atom is 0.144 e. The van der Waals surface area contributed by atoms with Crippen LogP contribution >= 0.6 is 73.9 Å². The Kier molecular flexibility index (Phi) is 26.2. The first-order valence-corrected chi connectivity index (χ1v) is 19.7. The van der Waals surface area contributed by atoms with Crippen LogP contribution < -0.4 is 0 Å². The van der Waals surface area contributed by atoms with E-state index in [2.05, 4.69) is 40.8 Å². The fourth-order valence-electron chi connectivity index (χ4n) is 3.48. The molecular formula is C44H43BrCl5F2N5. The molecule has 0 unspecified atom stereocenters. The van der Waals surface area contributed by atoms with E-state index >= 15 is 0 Å². The average molecular weight is 937 g/mol. The summed E-state index contributed by atoms with van der Waals surface area (Å²) >= 11 is 31.7. The van der Waals surface area contributed by atoms with Crippen molar-refractivity contribution in [1.82, 2.24) is 24.9 Å². The van der Waals surface area contributed by atoms with E-state index in [1.165, 1.54) is 12.1 Å². The van der Waals surface area contributed by atoms with E-state index in [-0.39, 0.29) is 11.6 Å². The quantitative estimate of drug-likeness (QED) is 0.152. The molecule has 7 aromatic rings. The first-order chi connectivity index (χ1) is 27.0. The molecule has 300 valence electrons. The normalized spacial score (nSPS) is 9.32. The largest absolute Gasteiger partial charge is 0.260 e. The second-order valence-corrected chi connectivity index (χ2v) is 14.3. The second-order valence-electron chi connectivity index (χ2n) is 11.5. The molecule has 0 spiro atoms. The van der Waals surface area contributed by atoms with Crippen molar-refractivity contribution in [2.45, 2.75) is 48.5 Å². The van der Waals surface area contributed by atoms with Gasteiger partial charge in [-0.3, -0.25) is 15.0 Å². The van der Waals surface area contributed by atoms with Crippen LogP contribution in [0.1, 0.15) is 39.6 Å². The Morgan fingerprint density at radius 1 is 0.386 bits per heavy atom. The van der Waals surface area contributed by atoms with Crippen LogP contribution in [-0.4, -0.2) is 24.9 Å². The van der Waals surface area contributed by atoms with Gasteiger partial charge in [0.15, 0.2) is 0 Å². The fraction of sp³-hybridized carbons (Fsp3) is 0.159. The minimum atomic E-state index is -0.248. The Bertz CT molecular complexity index is 1850. The molecule has 4 heterocycles. The molecule has 0 fully saturated rings. The number of aromatic nitrogens is 5. The van der Waals surface area contributed by atoms with E-state index < -0.39 is 0 Å². The summed E-state index contributed by atoms with van der Waals surface area (Å²) in [5.74, 6) is 0.331. The van der Waals surface area contributed by atoms with Gasteiger partial charge in [-0.05, 0) is 148 Å². The van der Waals surface area contributed by atoms with Gasteiger partial charge < -0.3 is 0 Å². The van der Waals surface area contributed by atoms with Gasteiger partial charge >= 0.3 is 0 Å². The number of hydrogen-bond acceptors (Lipinski definition) is 5. The predicted octanol–water partition coefficient (Wildman–Crippen LogP) is 15.2. The number of pyridine rings is 3. The van der Waals surface area contributed by atoms with Crippen molar-refractivity contribution in [1.29, 1.82) is 0 Å². The molecule has 0 aliphatic carbocycles. The van der Waals surface area contributed by atoms with Gasteiger partial charge in [0.05, 0.1) is 22.1 Å². The molecule has 0 bridgehead atoms. The van der Waals surface area contributed by atoms with Crippen LogP contribution in [0.25, 0.3) is 0 Å². The Morgan fingerprint density at radius 3 is 1.12 bits per heavy atom. The Balaban J connectivity index is 0.000000333. The Labute approximate surface area is 368 Å². The van der Waals surface area contributed by atoms with Gasteiger partial charge in [-0.15, -0.1) is 0 Å². The van der Waals surface area contributed by atoms with Crippen molar-refractivity contribution >= 4 is 73.9 Å². The lowest BCUT2D eigenvalue weighted by molar-refractivity contribution is 0.610. The zero-order valence-electron chi connectivity index (χ0n) is 32.5. The lowest BCUT2D eigenvalue weighted by atomic mass is 10.2. The lowest BCUT2D eigenvalue weighted by Crippen LogP contribution is -1.82. The summed E-state index contributed by atoms with van der Waals surface area (Å²) in [7, 11) is 0. The van der Waals surface area contributed by atoms with Gasteiger partial charge in [-0.1, -0.05) is 88.3 Å². The lowest BCUT2D eigenvalue weighted by Gasteiger charge is -1.96. The van der Waals surface area contributed by atoms with E-state index in [4.69, 9.17) is 58.0 Å².